The molecule has 0 radical (unpaired) electrons. The second-order valence-corrected chi connectivity index (χ2v) is 5.88. The maximum atomic E-state index is 12.6. The summed E-state index contributed by atoms with van der Waals surface area (Å²) in [6, 6.07) is 9.15. The molecule has 0 aromatic heterocycles. The molecule has 0 atom stereocenters. The summed E-state index contributed by atoms with van der Waals surface area (Å²) in [7, 11) is 0. The van der Waals surface area contributed by atoms with E-state index in [9.17, 15) is 4.79 Å². The fourth-order valence-electron chi connectivity index (χ4n) is 2.61. The van der Waals surface area contributed by atoms with Gasteiger partial charge >= 0.3 is 0 Å². The van der Waals surface area contributed by atoms with Crippen LogP contribution in [-0.2, 0) is 17.8 Å². The highest BCUT2D eigenvalue weighted by Gasteiger charge is 2.32. The highest BCUT2D eigenvalue weighted by atomic mass is 16.2. The molecular formula is C18H28N2O. The van der Waals surface area contributed by atoms with Crippen molar-refractivity contribution in [2.45, 2.75) is 52.6 Å². The molecule has 1 aliphatic carbocycles. The van der Waals surface area contributed by atoms with Gasteiger partial charge in [-0.1, -0.05) is 45.0 Å². The molecular weight excluding hydrogens is 260 g/mol. The number of nitrogens with zero attached hydrogens (tertiary/aromatic N) is 2. The predicted molar refractivity (Wildman–Crippen MR) is 87.2 cm³/mol. The lowest BCUT2D eigenvalue weighted by Crippen LogP contribution is -2.41. The van der Waals surface area contributed by atoms with Gasteiger partial charge in [-0.05, 0) is 43.5 Å². The smallest absolute Gasteiger partial charge is 0.237 e. The van der Waals surface area contributed by atoms with Crippen LogP contribution in [-0.4, -0.2) is 41.4 Å². The molecule has 0 N–H and O–H groups in total. The Hall–Kier alpha value is -1.35. The van der Waals surface area contributed by atoms with Gasteiger partial charge in [-0.15, -0.1) is 0 Å². The zero-order valence-electron chi connectivity index (χ0n) is 13.6. The lowest BCUT2D eigenvalue weighted by atomic mass is 10.1. The van der Waals surface area contributed by atoms with Crippen molar-refractivity contribution in [2.24, 2.45) is 0 Å². The molecule has 1 saturated carbocycles. The second-order valence-electron chi connectivity index (χ2n) is 5.88. The highest BCUT2D eigenvalue weighted by Crippen LogP contribution is 2.28. The van der Waals surface area contributed by atoms with Crippen molar-refractivity contribution in [3.05, 3.63) is 35.4 Å². The molecule has 0 aliphatic heterocycles. The molecule has 0 unspecified atom stereocenters. The molecule has 1 fully saturated rings. The van der Waals surface area contributed by atoms with Crippen LogP contribution in [0.15, 0.2) is 24.3 Å². The average molecular weight is 288 g/mol. The quantitative estimate of drug-likeness (QED) is 0.734. The first-order valence-electron chi connectivity index (χ1n) is 8.27. The number of aryl methyl sites for hydroxylation is 1. The number of hydrogen-bond acceptors (Lipinski definition) is 2. The normalized spacial score (nSPS) is 14.5. The fourth-order valence-corrected chi connectivity index (χ4v) is 2.61. The van der Waals surface area contributed by atoms with E-state index in [1.54, 1.807) is 0 Å². The summed E-state index contributed by atoms with van der Waals surface area (Å²) < 4.78 is 0. The Kier molecular flexibility index (Phi) is 5.80. The van der Waals surface area contributed by atoms with E-state index in [1.807, 2.05) is 0 Å². The van der Waals surface area contributed by atoms with Crippen LogP contribution in [0.2, 0.25) is 0 Å². The molecule has 1 aromatic rings. The van der Waals surface area contributed by atoms with Gasteiger partial charge in [-0.25, -0.2) is 0 Å². The van der Waals surface area contributed by atoms with Crippen LogP contribution in [0.3, 0.4) is 0 Å². The van der Waals surface area contributed by atoms with Crippen molar-refractivity contribution < 1.29 is 4.79 Å². The summed E-state index contributed by atoms with van der Waals surface area (Å²) in [6.45, 7) is 9.58. The van der Waals surface area contributed by atoms with E-state index in [4.69, 9.17) is 0 Å². The molecule has 0 bridgehead atoms. The fraction of sp³-hybridized carbons (Fsp3) is 0.611. The number of rotatable bonds is 8. The third kappa shape index (κ3) is 4.57. The van der Waals surface area contributed by atoms with E-state index in [0.29, 0.717) is 12.6 Å². The number of benzene rings is 1. The predicted octanol–water partition coefficient (Wildman–Crippen LogP) is 3.08. The van der Waals surface area contributed by atoms with Crippen LogP contribution in [0.4, 0.5) is 0 Å². The minimum Gasteiger partial charge on any atom is -0.334 e. The summed E-state index contributed by atoms with van der Waals surface area (Å²) in [4.78, 5) is 16.8. The monoisotopic (exact) mass is 288 g/mol. The van der Waals surface area contributed by atoms with Crippen molar-refractivity contribution in [3.8, 4) is 0 Å². The van der Waals surface area contributed by atoms with E-state index in [0.717, 1.165) is 38.9 Å². The first-order valence-corrected chi connectivity index (χ1v) is 8.27. The second kappa shape index (κ2) is 7.60. The van der Waals surface area contributed by atoms with Crippen molar-refractivity contribution in [1.29, 1.82) is 0 Å². The van der Waals surface area contributed by atoms with Gasteiger partial charge < -0.3 is 4.90 Å². The van der Waals surface area contributed by atoms with Gasteiger partial charge in [-0.2, -0.15) is 0 Å². The number of carbonyl (C=O) groups excluding carboxylic acids is 1. The summed E-state index contributed by atoms with van der Waals surface area (Å²) in [5.74, 6) is 0.278. The summed E-state index contributed by atoms with van der Waals surface area (Å²) in [5.41, 5.74) is 2.60. The zero-order chi connectivity index (χ0) is 15.2. The van der Waals surface area contributed by atoms with Crippen LogP contribution >= 0.6 is 0 Å². The Labute approximate surface area is 128 Å². The van der Waals surface area contributed by atoms with Gasteiger partial charge in [0.15, 0.2) is 0 Å². The maximum absolute atomic E-state index is 12.6. The van der Waals surface area contributed by atoms with E-state index in [2.05, 4.69) is 54.8 Å². The first-order chi connectivity index (χ1) is 10.2. The summed E-state index contributed by atoms with van der Waals surface area (Å²) in [6.07, 6.45) is 3.39. The van der Waals surface area contributed by atoms with Crippen LogP contribution < -0.4 is 0 Å². The third-order valence-electron chi connectivity index (χ3n) is 4.35. The molecule has 116 valence electrons. The summed E-state index contributed by atoms with van der Waals surface area (Å²) in [5, 5.41) is 0. The van der Waals surface area contributed by atoms with Gasteiger partial charge in [0, 0.05) is 12.6 Å². The van der Waals surface area contributed by atoms with Gasteiger partial charge in [-0.3, -0.25) is 9.69 Å². The van der Waals surface area contributed by atoms with Crippen LogP contribution in [0.1, 0.15) is 44.7 Å². The number of amides is 1. The lowest BCUT2D eigenvalue weighted by Gasteiger charge is -2.26. The van der Waals surface area contributed by atoms with Crippen LogP contribution in [0.5, 0.6) is 0 Å². The van der Waals surface area contributed by atoms with Crippen molar-refractivity contribution in [3.63, 3.8) is 0 Å². The lowest BCUT2D eigenvalue weighted by molar-refractivity contribution is -0.133. The molecule has 3 heteroatoms. The van der Waals surface area contributed by atoms with Crippen molar-refractivity contribution in [2.75, 3.05) is 19.6 Å². The zero-order valence-corrected chi connectivity index (χ0v) is 13.6. The molecule has 0 saturated heterocycles. The Bertz CT molecular complexity index is 447. The molecule has 1 aliphatic rings. The minimum atomic E-state index is 0.278. The number of hydrogen-bond donors (Lipinski definition) is 0. The molecule has 2 rings (SSSR count). The standard InChI is InChI=1S/C18H28N2O/c1-4-15-7-9-16(10-8-15)13-20(17-11-12-17)18(21)14-19(5-2)6-3/h7-10,17H,4-6,11-14H2,1-3H3. The van der Waals surface area contributed by atoms with Crippen molar-refractivity contribution >= 4 is 5.91 Å². The Morgan fingerprint density at radius 2 is 1.62 bits per heavy atom. The number of carbonyl (C=O) groups is 1. The van der Waals surface area contributed by atoms with E-state index in [-0.39, 0.29) is 5.91 Å². The third-order valence-corrected chi connectivity index (χ3v) is 4.35. The Balaban J connectivity index is 1.99. The van der Waals surface area contributed by atoms with E-state index < -0.39 is 0 Å². The van der Waals surface area contributed by atoms with Crippen LogP contribution in [0.25, 0.3) is 0 Å². The molecule has 1 aromatic carbocycles. The molecule has 0 spiro atoms. The molecule has 1 amide bonds. The van der Waals surface area contributed by atoms with E-state index in [1.165, 1.54) is 11.1 Å². The van der Waals surface area contributed by atoms with Gasteiger partial charge in [0.25, 0.3) is 0 Å². The topological polar surface area (TPSA) is 23.6 Å². The van der Waals surface area contributed by atoms with Crippen molar-refractivity contribution in [1.82, 2.24) is 9.80 Å². The van der Waals surface area contributed by atoms with Gasteiger partial charge in [0.1, 0.15) is 0 Å². The first kappa shape index (κ1) is 16.0. The van der Waals surface area contributed by atoms with Gasteiger partial charge in [0.2, 0.25) is 5.91 Å². The van der Waals surface area contributed by atoms with Gasteiger partial charge in [0.05, 0.1) is 6.54 Å². The molecule has 3 nitrogen and oxygen atoms in total. The molecule has 0 heterocycles. The maximum Gasteiger partial charge on any atom is 0.237 e. The summed E-state index contributed by atoms with van der Waals surface area (Å²) >= 11 is 0. The Morgan fingerprint density at radius 3 is 2.10 bits per heavy atom. The Morgan fingerprint density at radius 1 is 1.05 bits per heavy atom. The SMILES string of the molecule is CCc1ccc(CN(C(=O)CN(CC)CC)C2CC2)cc1. The van der Waals surface area contributed by atoms with Crippen LogP contribution in [0, 0.1) is 0 Å². The molecule has 21 heavy (non-hydrogen) atoms. The largest absolute Gasteiger partial charge is 0.334 e. The van der Waals surface area contributed by atoms with E-state index >= 15 is 0 Å². The highest BCUT2D eigenvalue weighted by molar-refractivity contribution is 5.79. The minimum absolute atomic E-state index is 0.278. The average Bonchev–Trinajstić information content (AvgIpc) is 3.35. The number of likely N-dealkylation sites (N-methyl/N-ethyl adjacent to an activating group) is 1.